The Labute approximate surface area is 166 Å². The van der Waals surface area contributed by atoms with E-state index in [-0.39, 0.29) is 22.9 Å². The van der Waals surface area contributed by atoms with Crippen LogP contribution in [-0.2, 0) is 9.53 Å². The predicted molar refractivity (Wildman–Crippen MR) is 105 cm³/mol. The number of aromatic nitrogens is 2. The van der Waals surface area contributed by atoms with Crippen molar-refractivity contribution in [1.82, 2.24) is 9.78 Å². The summed E-state index contributed by atoms with van der Waals surface area (Å²) in [5.41, 5.74) is 2.37. The average Bonchev–Trinajstić information content (AvgIpc) is 3.13. The molecule has 0 saturated heterocycles. The number of amides is 1. The molecule has 3 aromatic rings. The summed E-state index contributed by atoms with van der Waals surface area (Å²) in [4.78, 5) is 35.7. The minimum atomic E-state index is -0.636. The summed E-state index contributed by atoms with van der Waals surface area (Å²) in [7, 11) is 0. The number of phenolic OH excluding ortho intramolecular Hbond substituents is 1. The molecule has 0 saturated carbocycles. The van der Waals surface area contributed by atoms with E-state index < -0.39 is 18.4 Å². The number of benzene rings is 2. The zero-order chi connectivity index (χ0) is 21.0. The van der Waals surface area contributed by atoms with Crippen LogP contribution in [0.2, 0.25) is 0 Å². The van der Waals surface area contributed by atoms with Crippen LogP contribution >= 0.6 is 0 Å². The first-order valence-electron chi connectivity index (χ1n) is 8.77. The van der Waals surface area contributed by atoms with Crippen molar-refractivity contribution in [3.8, 4) is 11.4 Å². The highest BCUT2D eigenvalue weighted by molar-refractivity contribution is 6.01. The van der Waals surface area contributed by atoms with Gasteiger partial charge in [-0.25, -0.2) is 9.48 Å². The van der Waals surface area contributed by atoms with Gasteiger partial charge in [0.25, 0.3) is 0 Å². The number of carbonyl (C=O) groups excluding carboxylic acids is 3. The van der Waals surface area contributed by atoms with Gasteiger partial charge < -0.3 is 15.2 Å². The second-order valence-corrected chi connectivity index (χ2v) is 6.34. The van der Waals surface area contributed by atoms with Gasteiger partial charge in [-0.05, 0) is 55.5 Å². The van der Waals surface area contributed by atoms with Gasteiger partial charge in [-0.3, -0.25) is 9.59 Å². The third-order valence-electron chi connectivity index (χ3n) is 4.14. The lowest BCUT2D eigenvalue weighted by Gasteiger charge is -2.09. The molecule has 0 radical (unpaired) electrons. The van der Waals surface area contributed by atoms with Crippen molar-refractivity contribution < 1.29 is 24.2 Å². The molecule has 2 N–H and O–H groups in total. The molecule has 0 aliphatic heterocycles. The predicted octanol–water partition coefficient (Wildman–Crippen LogP) is 2.88. The molecule has 0 unspecified atom stereocenters. The first-order valence-corrected chi connectivity index (χ1v) is 8.77. The third-order valence-corrected chi connectivity index (χ3v) is 4.14. The molecule has 0 fully saturated rings. The number of rotatable bonds is 6. The fraction of sp³-hybridized carbons (Fsp3) is 0.143. The topological polar surface area (TPSA) is 111 Å². The van der Waals surface area contributed by atoms with E-state index in [9.17, 15) is 19.5 Å². The van der Waals surface area contributed by atoms with Crippen LogP contribution < -0.4 is 5.32 Å². The summed E-state index contributed by atoms with van der Waals surface area (Å²) in [6.07, 6.45) is 1.68. The molecular formula is C21H19N3O5. The number of ketones is 1. The van der Waals surface area contributed by atoms with E-state index >= 15 is 0 Å². The number of carbonyl (C=O) groups is 3. The second kappa shape index (κ2) is 8.39. The molecule has 2 aromatic carbocycles. The number of nitrogens with zero attached hydrogens (tertiary/aromatic N) is 2. The van der Waals surface area contributed by atoms with Gasteiger partial charge in [0.15, 0.2) is 12.4 Å². The van der Waals surface area contributed by atoms with Crippen LogP contribution in [0, 0.1) is 6.92 Å². The van der Waals surface area contributed by atoms with Crippen LogP contribution in [0.5, 0.6) is 5.75 Å². The molecule has 8 heteroatoms. The minimum Gasteiger partial charge on any atom is -0.506 e. The van der Waals surface area contributed by atoms with Crippen LogP contribution in [0.3, 0.4) is 0 Å². The molecule has 8 nitrogen and oxygen atoms in total. The number of Topliss-reactive ketones (excluding diaryl/α,β-unsaturated/α-hetero) is 1. The molecule has 0 bridgehead atoms. The Hall–Kier alpha value is -3.94. The Kier molecular flexibility index (Phi) is 5.73. The van der Waals surface area contributed by atoms with E-state index in [0.29, 0.717) is 5.56 Å². The van der Waals surface area contributed by atoms with Gasteiger partial charge in [-0.1, -0.05) is 0 Å². The van der Waals surface area contributed by atoms with Crippen molar-refractivity contribution in [1.29, 1.82) is 0 Å². The Balaban J connectivity index is 1.64. The highest BCUT2D eigenvalue weighted by Crippen LogP contribution is 2.24. The average molecular weight is 393 g/mol. The number of aromatic hydroxyl groups is 1. The number of esters is 1. The van der Waals surface area contributed by atoms with Gasteiger partial charge in [-0.15, -0.1) is 0 Å². The van der Waals surface area contributed by atoms with Gasteiger partial charge in [-0.2, -0.15) is 5.10 Å². The quantitative estimate of drug-likeness (QED) is 0.378. The van der Waals surface area contributed by atoms with Gasteiger partial charge >= 0.3 is 5.97 Å². The molecular weight excluding hydrogens is 374 g/mol. The number of hydrogen-bond donors (Lipinski definition) is 2. The van der Waals surface area contributed by atoms with Gasteiger partial charge in [0.2, 0.25) is 5.91 Å². The highest BCUT2D eigenvalue weighted by atomic mass is 16.5. The number of aryl methyl sites for hydroxylation is 1. The second-order valence-electron chi connectivity index (χ2n) is 6.34. The molecule has 0 aliphatic rings. The highest BCUT2D eigenvalue weighted by Gasteiger charge is 2.14. The lowest BCUT2D eigenvalue weighted by Crippen LogP contribution is -2.15. The zero-order valence-corrected chi connectivity index (χ0v) is 15.9. The molecule has 0 aliphatic carbocycles. The summed E-state index contributed by atoms with van der Waals surface area (Å²) in [5, 5.41) is 16.3. The Morgan fingerprint density at radius 2 is 1.76 bits per heavy atom. The molecule has 0 atom stereocenters. The third kappa shape index (κ3) is 4.67. The largest absolute Gasteiger partial charge is 0.506 e. The number of hydrogen-bond acceptors (Lipinski definition) is 6. The summed E-state index contributed by atoms with van der Waals surface area (Å²) < 4.78 is 6.82. The summed E-state index contributed by atoms with van der Waals surface area (Å²) in [6, 6.07) is 12.5. The van der Waals surface area contributed by atoms with Crippen molar-refractivity contribution >= 4 is 23.3 Å². The fourth-order valence-electron chi connectivity index (χ4n) is 2.68. The number of anilines is 1. The normalized spacial score (nSPS) is 10.4. The van der Waals surface area contributed by atoms with Crippen molar-refractivity contribution in [2.24, 2.45) is 0 Å². The van der Waals surface area contributed by atoms with Crippen molar-refractivity contribution in [2.45, 2.75) is 13.8 Å². The van der Waals surface area contributed by atoms with Crippen molar-refractivity contribution in [3.05, 3.63) is 71.5 Å². The standard InChI is InChI=1S/C21H19N3O5/c1-13-9-10-22-24(13)17-6-3-15(4-7-17)21(28)29-12-20(27)16-5-8-19(26)18(11-16)23-14(2)25/h3-11,26H,12H2,1-2H3,(H,23,25). The van der Waals surface area contributed by atoms with Crippen LogP contribution in [0.1, 0.15) is 33.3 Å². The minimum absolute atomic E-state index is 0.110. The first-order chi connectivity index (χ1) is 13.8. The maximum absolute atomic E-state index is 12.3. The number of nitrogens with one attached hydrogen (secondary N) is 1. The molecule has 29 heavy (non-hydrogen) atoms. The van der Waals surface area contributed by atoms with Crippen LogP contribution in [0.4, 0.5) is 5.69 Å². The fourth-order valence-corrected chi connectivity index (χ4v) is 2.68. The zero-order valence-electron chi connectivity index (χ0n) is 15.9. The Bertz CT molecular complexity index is 1070. The lowest BCUT2D eigenvalue weighted by atomic mass is 10.1. The lowest BCUT2D eigenvalue weighted by molar-refractivity contribution is -0.114. The Morgan fingerprint density at radius 3 is 2.38 bits per heavy atom. The summed E-state index contributed by atoms with van der Waals surface area (Å²) in [5.74, 6) is -1.65. The van der Waals surface area contributed by atoms with Crippen molar-refractivity contribution in [2.75, 3.05) is 11.9 Å². The Morgan fingerprint density at radius 1 is 1.07 bits per heavy atom. The van der Waals surface area contributed by atoms with E-state index in [2.05, 4.69) is 10.4 Å². The summed E-state index contributed by atoms with van der Waals surface area (Å²) >= 11 is 0. The molecule has 148 valence electrons. The van der Waals surface area contributed by atoms with Gasteiger partial charge in [0.05, 0.1) is 16.9 Å². The maximum Gasteiger partial charge on any atom is 0.338 e. The molecule has 3 rings (SSSR count). The van der Waals surface area contributed by atoms with Gasteiger partial charge in [0, 0.05) is 24.4 Å². The monoisotopic (exact) mass is 393 g/mol. The first kappa shape index (κ1) is 19.8. The summed E-state index contributed by atoms with van der Waals surface area (Å²) in [6.45, 7) is 2.74. The van der Waals surface area contributed by atoms with Crippen molar-refractivity contribution in [3.63, 3.8) is 0 Å². The van der Waals surface area contributed by atoms with Gasteiger partial charge in [0.1, 0.15) is 5.75 Å². The van der Waals surface area contributed by atoms with Crippen LogP contribution in [-0.4, -0.2) is 39.2 Å². The maximum atomic E-state index is 12.3. The van der Waals surface area contributed by atoms with E-state index in [0.717, 1.165) is 11.4 Å². The van der Waals surface area contributed by atoms with E-state index in [1.807, 2.05) is 13.0 Å². The SMILES string of the molecule is CC(=O)Nc1cc(C(=O)COC(=O)c2ccc(-n3nccc3C)cc2)ccc1O. The smallest absolute Gasteiger partial charge is 0.338 e. The van der Waals surface area contributed by atoms with E-state index in [4.69, 9.17) is 4.74 Å². The number of ether oxygens (including phenoxy) is 1. The van der Waals surface area contributed by atoms with Crippen LogP contribution in [0.25, 0.3) is 5.69 Å². The molecule has 1 heterocycles. The van der Waals surface area contributed by atoms with E-state index in [1.165, 1.54) is 25.1 Å². The number of phenols is 1. The van der Waals surface area contributed by atoms with Crippen LogP contribution in [0.15, 0.2) is 54.7 Å². The molecule has 1 aromatic heterocycles. The molecule has 1 amide bonds. The van der Waals surface area contributed by atoms with E-state index in [1.54, 1.807) is 35.1 Å². The molecule has 0 spiro atoms.